The average molecular weight is 597 g/mol. The molecule has 2 heterocycles. The number of carbonyl (C=O) groups is 2. The van der Waals surface area contributed by atoms with Crippen molar-refractivity contribution in [3.05, 3.63) is 110 Å². The number of halogens is 3. The first-order valence-corrected chi connectivity index (χ1v) is 13.6. The molecule has 1 aliphatic heterocycles. The monoisotopic (exact) mass is 596 g/mol. The highest BCUT2D eigenvalue weighted by molar-refractivity contribution is 6.30. The van der Waals surface area contributed by atoms with Gasteiger partial charge in [-0.05, 0) is 49.2 Å². The van der Waals surface area contributed by atoms with Crippen molar-refractivity contribution < 1.29 is 23.8 Å². The fraction of sp³-hybridized carbons (Fsp3) is 0.267. The first kappa shape index (κ1) is 28.9. The third kappa shape index (κ3) is 5.26. The van der Waals surface area contributed by atoms with Crippen LogP contribution in [0.4, 0.5) is 4.39 Å². The summed E-state index contributed by atoms with van der Waals surface area (Å²) in [4.78, 5) is 36.9. The van der Waals surface area contributed by atoms with Crippen LogP contribution in [0.3, 0.4) is 0 Å². The number of nitrogens with zero attached hydrogens (tertiary/aromatic N) is 3. The fourth-order valence-corrected chi connectivity index (χ4v) is 5.23. The van der Waals surface area contributed by atoms with Gasteiger partial charge < -0.3 is 15.6 Å². The minimum absolute atomic E-state index is 0.0401. The number of ketones is 1. The normalized spacial score (nSPS) is 19.6. The summed E-state index contributed by atoms with van der Waals surface area (Å²) >= 11 is 12.2. The Balaban J connectivity index is 1.73. The van der Waals surface area contributed by atoms with E-state index >= 15 is 4.39 Å². The van der Waals surface area contributed by atoms with Crippen molar-refractivity contribution in [3.8, 4) is 0 Å². The number of allylic oxidation sites excluding steroid dienone is 1. The number of rotatable bonds is 10. The third-order valence-electron chi connectivity index (χ3n) is 7.48. The summed E-state index contributed by atoms with van der Waals surface area (Å²) in [6.07, 6.45) is 5.24. The highest BCUT2D eigenvalue weighted by atomic mass is 35.5. The van der Waals surface area contributed by atoms with Gasteiger partial charge in [-0.25, -0.2) is 4.39 Å². The van der Waals surface area contributed by atoms with Crippen LogP contribution in [-0.4, -0.2) is 53.2 Å². The van der Waals surface area contributed by atoms with Crippen LogP contribution >= 0.6 is 23.2 Å². The first-order valence-electron chi connectivity index (χ1n) is 12.8. The Bertz CT molecular complexity index is 1560. The highest BCUT2D eigenvalue weighted by Crippen LogP contribution is 2.52. The summed E-state index contributed by atoms with van der Waals surface area (Å²) < 4.78 is 23.0. The maximum atomic E-state index is 16.4. The quantitative estimate of drug-likeness (QED) is 0.195. The lowest BCUT2D eigenvalue weighted by atomic mass is 9.90. The number of hydrogen-bond acceptors (Lipinski definition) is 7. The van der Waals surface area contributed by atoms with E-state index in [1.54, 1.807) is 36.4 Å². The summed E-state index contributed by atoms with van der Waals surface area (Å²) in [5.41, 5.74) is 4.15. The van der Waals surface area contributed by atoms with Gasteiger partial charge in [-0.15, -0.1) is 0 Å². The Kier molecular flexibility index (Phi) is 7.98. The SMILES string of the molecule is CN=CC(=CN)C(=O)c1cc(F)c2c(c1)C(=O)N(Cc1ccc(Cl)cn1)[C@@]2(OCC1(CO)CC1)c1ccc(Cl)cc1. The maximum Gasteiger partial charge on any atom is 0.257 e. The van der Waals surface area contributed by atoms with E-state index in [4.69, 9.17) is 33.7 Å². The Hall–Kier alpha value is -3.63. The number of ether oxygens (including phenoxy) is 1. The standard InChI is InChI=1S/C30H27Cl2FN4O4/c1-35-13-19(12-34)27(39)18-10-24-26(25(33)11-18)30(20-2-4-21(31)5-3-20,41-17-29(16-38)8-9-29)37(28(24)40)15-23-7-6-22(32)14-36-23/h2-7,10-14,38H,8-9,15-17,34H2,1H3/t30-/m1/s1. The topological polar surface area (TPSA) is 118 Å². The summed E-state index contributed by atoms with van der Waals surface area (Å²) in [6, 6.07) is 12.3. The molecule has 1 amide bonds. The molecule has 0 radical (unpaired) electrons. The predicted molar refractivity (Wildman–Crippen MR) is 153 cm³/mol. The molecule has 2 aromatic carbocycles. The second kappa shape index (κ2) is 11.3. The second-order valence-corrected chi connectivity index (χ2v) is 11.0. The molecule has 1 atom stereocenters. The molecule has 41 heavy (non-hydrogen) atoms. The van der Waals surface area contributed by atoms with Crippen LogP contribution in [-0.2, 0) is 17.0 Å². The molecule has 0 unspecified atom stereocenters. The van der Waals surface area contributed by atoms with Crippen molar-refractivity contribution in [2.24, 2.45) is 16.1 Å². The number of carbonyl (C=O) groups excluding carboxylic acids is 2. The lowest BCUT2D eigenvalue weighted by molar-refractivity contribution is -0.130. The van der Waals surface area contributed by atoms with E-state index in [-0.39, 0.29) is 42.0 Å². The van der Waals surface area contributed by atoms with E-state index < -0.39 is 28.6 Å². The van der Waals surface area contributed by atoms with Gasteiger partial charge in [0.1, 0.15) is 5.82 Å². The zero-order chi connectivity index (χ0) is 29.4. The van der Waals surface area contributed by atoms with E-state index in [2.05, 4.69) is 9.98 Å². The van der Waals surface area contributed by atoms with Gasteiger partial charge in [0.2, 0.25) is 0 Å². The Labute approximate surface area is 246 Å². The first-order chi connectivity index (χ1) is 19.7. The van der Waals surface area contributed by atoms with E-state index in [9.17, 15) is 14.7 Å². The molecule has 0 saturated heterocycles. The highest BCUT2D eigenvalue weighted by Gasteiger charge is 2.56. The molecule has 1 saturated carbocycles. The van der Waals surface area contributed by atoms with Gasteiger partial charge in [0.25, 0.3) is 5.91 Å². The van der Waals surface area contributed by atoms with Crippen molar-refractivity contribution in [1.82, 2.24) is 9.88 Å². The molecule has 0 bridgehead atoms. The number of aliphatic hydroxyl groups is 1. The summed E-state index contributed by atoms with van der Waals surface area (Å²) in [5, 5.41) is 10.9. The van der Waals surface area contributed by atoms with Gasteiger partial charge in [-0.2, -0.15) is 0 Å². The van der Waals surface area contributed by atoms with Crippen LogP contribution in [0.15, 0.2) is 71.5 Å². The molecular weight excluding hydrogens is 570 g/mol. The van der Waals surface area contributed by atoms with E-state index in [1.165, 1.54) is 30.4 Å². The summed E-state index contributed by atoms with van der Waals surface area (Å²) in [5.74, 6) is -1.99. The fourth-order valence-electron chi connectivity index (χ4n) is 4.99. The lowest BCUT2D eigenvalue weighted by Gasteiger charge is -2.40. The molecule has 3 N–H and O–H groups in total. The van der Waals surface area contributed by atoms with Gasteiger partial charge in [0.15, 0.2) is 11.5 Å². The Morgan fingerprint density at radius 3 is 2.49 bits per heavy atom. The number of aliphatic imine (C=N–C) groups is 1. The number of hydrogen-bond donors (Lipinski definition) is 2. The maximum absolute atomic E-state index is 16.4. The average Bonchev–Trinajstić information content (AvgIpc) is 3.72. The number of amides is 1. The smallest absolute Gasteiger partial charge is 0.257 e. The van der Waals surface area contributed by atoms with Crippen molar-refractivity contribution in [2.75, 3.05) is 20.3 Å². The van der Waals surface area contributed by atoms with Gasteiger partial charge in [0.05, 0.1) is 47.2 Å². The second-order valence-electron chi connectivity index (χ2n) is 10.2. The van der Waals surface area contributed by atoms with Gasteiger partial charge in [-0.3, -0.25) is 24.5 Å². The van der Waals surface area contributed by atoms with Crippen LogP contribution < -0.4 is 5.73 Å². The summed E-state index contributed by atoms with van der Waals surface area (Å²) in [7, 11) is 1.48. The molecule has 8 nitrogen and oxygen atoms in total. The molecule has 1 fully saturated rings. The predicted octanol–water partition coefficient (Wildman–Crippen LogP) is 4.90. The number of benzene rings is 2. The Morgan fingerprint density at radius 2 is 1.90 bits per heavy atom. The van der Waals surface area contributed by atoms with E-state index in [0.717, 1.165) is 25.1 Å². The molecule has 1 aliphatic carbocycles. The van der Waals surface area contributed by atoms with Gasteiger partial charge >= 0.3 is 0 Å². The number of aromatic nitrogens is 1. The van der Waals surface area contributed by atoms with Crippen molar-refractivity contribution in [2.45, 2.75) is 25.1 Å². The van der Waals surface area contributed by atoms with Gasteiger partial charge in [0, 0.05) is 47.2 Å². The minimum atomic E-state index is -1.76. The molecule has 3 aromatic rings. The van der Waals surface area contributed by atoms with Crippen molar-refractivity contribution in [3.63, 3.8) is 0 Å². The minimum Gasteiger partial charge on any atom is -0.404 e. The largest absolute Gasteiger partial charge is 0.404 e. The van der Waals surface area contributed by atoms with Gasteiger partial charge in [-0.1, -0.05) is 35.3 Å². The van der Waals surface area contributed by atoms with E-state index in [1.807, 2.05) is 0 Å². The Morgan fingerprint density at radius 1 is 1.20 bits per heavy atom. The molecule has 0 spiro atoms. The number of nitrogens with two attached hydrogens (primary N) is 1. The van der Waals surface area contributed by atoms with E-state index in [0.29, 0.717) is 21.3 Å². The number of aliphatic hydroxyl groups excluding tert-OH is 1. The lowest BCUT2D eigenvalue weighted by Crippen LogP contribution is -2.48. The van der Waals surface area contributed by atoms with Crippen LogP contribution in [0, 0.1) is 11.2 Å². The zero-order valence-electron chi connectivity index (χ0n) is 22.1. The summed E-state index contributed by atoms with van der Waals surface area (Å²) in [6.45, 7) is -0.137. The van der Waals surface area contributed by atoms with Crippen LogP contribution in [0.25, 0.3) is 0 Å². The van der Waals surface area contributed by atoms with Crippen molar-refractivity contribution in [1.29, 1.82) is 0 Å². The molecule has 11 heteroatoms. The van der Waals surface area contributed by atoms with Crippen molar-refractivity contribution >= 4 is 41.1 Å². The van der Waals surface area contributed by atoms with Crippen LogP contribution in [0.2, 0.25) is 10.0 Å². The van der Waals surface area contributed by atoms with Crippen LogP contribution in [0.1, 0.15) is 50.4 Å². The number of fused-ring (bicyclic) bond motifs is 1. The van der Waals surface area contributed by atoms with Crippen LogP contribution in [0.5, 0.6) is 0 Å². The zero-order valence-corrected chi connectivity index (χ0v) is 23.6. The molecular formula is C30H27Cl2FN4O4. The number of pyridine rings is 1. The third-order valence-corrected chi connectivity index (χ3v) is 7.96. The molecule has 212 valence electrons. The molecule has 5 rings (SSSR count). The molecule has 2 aliphatic rings. The number of Topliss-reactive ketones (excluding diaryl/α,β-unsaturated/α-hetero) is 1. The molecule has 1 aromatic heterocycles.